The molecule has 2 aliphatic heterocycles. The third-order valence-corrected chi connectivity index (χ3v) is 6.57. The number of ether oxygens (including phenoxy) is 1. The van der Waals surface area contributed by atoms with E-state index in [1.807, 2.05) is 42.7 Å². The first kappa shape index (κ1) is 21.3. The number of hydrogen-bond acceptors (Lipinski definition) is 6. The smallest absolute Gasteiger partial charge is 0.283 e. The maximum Gasteiger partial charge on any atom is 0.283 e. The summed E-state index contributed by atoms with van der Waals surface area (Å²) in [4.78, 5) is 16.9. The highest BCUT2D eigenvalue weighted by Gasteiger charge is 2.36. The second-order valence-corrected chi connectivity index (χ2v) is 8.75. The van der Waals surface area contributed by atoms with Crippen LogP contribution < -0.4 is 4.74 Å². The molecule has 0 fully saturated rings. The van der Waals surface area contributed by atoms with Gasteiger partial charge in [-0.05, 0) is 73.6 Å². The van der Waals surface area contributed by atoms with E-state index in [0.29, 0.717) is 26.7 Å². The standard InChI is InChI=1S/C23H18ClN5O3S/c1-12-9-14(13(2)28(12)15-6-7-18(31-3)17(24)11-15)10-16-20(25)29-23(26-21(16)30)33-22(27-29)19-5-4-8-32-19/h4-11,25H,1-3H3/b16-10+,25-20?. The number of halogens is 1. The molecule has 1 N–H and O–H groups in total. The number of benzene rings is 1. The van der Waals surface area contributed by atoms with E-state index >= 15 is 0 Å². The summed E-state index contributed by atoms with van der Waals surface area (Å²) in [5.41, 5.74) is 3.68. The Kier molecular flexibility index (Phi) is 5.22. The van der Waals surface area contributed by atoms with E-state index in [-0.39, 0.29) is 11.4 Å². The summed E-state index contributed by atoms with van der Waals surface area (Å²) in [6.07, 6.45) is 3.23. The van der Waals surface area contributed by atoms with E-state index in [1.165, 1.54) is 16.8 Å². The van der Waals surface area contributed by atoms with Crippen molar-refractivity contribution in [1.82, 2.24) is 9.58 Å². The summed E-state index contributed by atoms with van der Waals surface area (Å²) in [5.74, 6) is 0.644. The van der Waals surface area contributed by atoms with Gasteiger partial charge in [-0.15, -0.1) is 0 Å². The molecule has 1 amide bonds. The molecule has 1 aromatic carbocycles. The van der Waals surface area contributed by atoms with Gasteiger partial charge in [-0.3, -0.25) is 10.2 Å². The van der Waals surface area contributed by atoms with Gasteiger partial charge in [0.05, 0.1) is 24.0 Å². The molecule has 8 nitrogen and oxygen atoms in total. The molecule has 0 bridgehead atoms. The van der Waals surface area contributed by atoms with Gasteiger partial charge in [-0.25, -0.2) is 0 Å². The van der Waals surface area contributed by atoms with E-state index in [0.717, 1.165) is 22.6 Å². The molecule has 3 aromatic rings. The number of carbonyl (C=O) groups is 1. The van der Waals surface area contributed by atoms with E-state index in [4.69, 9.17) is 26.2 Å². The van der Waals surface area contributed by atoms with Crippen molar-refractivity contribution in [2.45, 2.75) is 13.8 Å². The summed E-state index contributed by atoms with van der Waals surface area (Å²) < 4.78 is 12.7. The maximum atomic E-state index is 12.8. The Morgan fingerprint density at radius 3 is 2.76 bits per heavy atom. The first-order valence-electron chi connectivity index (χ1n) is 9.94. The molecule has 5 rings (SSSR count). The largest absolute Gasteiger partial charge is 0.495 e. The molecular weight excluding hydrogens is 462 g/mol. The van der Waals surface area contributed by atoms with Gasteiger partial charge in [0.15, 0.2) is 16.6 Å². The van der Waals surface area contributed by atoms with Crippen LogP contribution in [0.4, 0.5) is 0 Å². The Hall–Kier alpha value is -3.56. The number of fused-ring (bicyclic) bond motifs is 1. The lowest BCUT2D eigenvalue weighted by atomic mass is 10.1. The number of aromatic nitrogens is 1. The summed E-state index contributed by atoms with van der Waals surface area (Å²) in [6, 6.07) is 11.0. The molecule has 4 heterocycles. The van der Waals surface area contributed by atoms with Crippen LogP contribution in [-0.2, 0) is 4.79 Å². The van der Waals surface area contributed by atoms with E-state index in [9.17, 15) is 4.79 Å². The van der Waals surface area contributed by atoms with Crippen LogP contribution in [0.5, 0.6) is 5.75 Å². The average molecular weight is 480 g/mol. The first-order valence-corrected chi connectivity index (χ1v) is 11.1. The highest BCUT2D eigenvalue weighted by Crippen LogP contribution is 2.33. The van der Waals surface area contributed by atoms with Gasteiger partial charge in [0.2, 0.25) is 5.17 Å². The summed E-state index contributed by atoms with van der Waals surface area (Å²) in [5, 5.41) is 15.8. The predicted octanol–water partition coefficient (Wildman–Crippen LogP) is 5.02. The third kappa shape index (κ3) is 3.59. The van der Waals surface area contributed by atoms with Gasteiger partial charge in [0, 0.05) is 17.1 Å². The molecular formula is C23H18ClN5O3S. The summed E-state index contributed by atoms with van der Waals surface area (Å²) in [7, 11) is 1.57. The zero-order valence-corrected chi connectivity index (χ0v) is 19.5. The molecule has 2 aliphatic rings. The van der Waals surface area contributed by atoms with Gasteiger partial charge in [0.1, 0.15) is 5.75 Å². The SMILES string of the molecule is COc1ccc(-n2c(C)cc(/C=C3\C(=N)N4N=C(c5ccco5)SC4=NC3=O)c2C)cc1Cl. The molecule has 0 saturated heterocycles. The number of aryl methyl sites for hydroxylation is 1. The monoisotopic (exact) mass is 479 g/mol. The molecule has 0 spiro atoms. The quantitative estimate of drug-likeness (QED) is 0.530. The molecule has 0 aliphatic carbocycles. The highest BCUT2D eigenvalue weighted by molar-refractivity contribution is 8.27. The lowest BCUT2D eigenvalue weighted by Gasteiger charge is -2.20. The molecule has 10 heteroatoms. The molecule has 2 aromatic heterocycles. The van der Waals surface area contributed by atoms with E-state index in [1.54, 1.807) is 31.6 Å². The molecule has 0 saturated carbocycles. The first-order chi connectivity index (χ1) is 15.9. The molecule has 0 radical (unpaired) electrons. The fourth-order valence-electron chi connectivity index (χ4n) is 3.77. The van der Waals surface area contributed by atoms with Crippen molar-refractivity contribution in [2.24, 2.45) is 10.1 Å². The van der Waals surface area contributed by atoms with Crippen molar-refractivity contribution < 1.29 is 13.9 Å². The van der Waals surface area contributed by atoms with E-state index in [2.05, 4.69) is 10.1 Å². The lowest BCUT2D eigenvalue weighted by molar-refractivity contribution is -0.114. The maximum absolute atomic E-state index is 12.8. The fraction of sp³-hybridized carbons (Fsp3) is 0.130. The second kappa shape index (κ2) is 8.09. The molecule has 33 heavy (non-hydrogen) atoms. The zero-order chi connectivity index (χ0) is 23.3. The van der Waals surface area contributed by atoms with Crippen molar-refractivity contribution in [2.75, 3.05) is 7.11 Å². The van der Waals surface area contributed by atoms with Crippen LogP contribution in [0.1, 0.15) is 22.7 Å². The Morgan fingerprint density at radius 2 is 2.06 bits per heavy atom. The Labute approximate surface area is 198 Å². The number of thioether (sulfide) groups is 1. The number of furan rings is 1. The molecule has 166 valence electrons. The van der Waals surface area contributed by atoms with Crippen molar-refractivity contribution in [3.63, 3.8) is 0 Å². The Morgan fingerprint density at radius 1 is 1.24 bits per heavy atom. The van der Waals surface area contributed by atoms with Gasteiger partial charge in [-0.1, -0.05) is 11.6 Å². The van der Waals surface area contributed by atoms with Crippen LogP contribution in [0.15, 0.2) is 62.7 Å². The third-order valence-electron chi connectivity index (χ3n) is 5.35. The lowest BCUT2D eigenvalue weighted by Crippen LogP contribution is -2.35. The van der Waals surface area contributed by atoms with Crippen molar-refractivity contribution in [3.05, 3.63) is 76.0 Å². The minimum absolute atomic E-state index is 0.0312. The minimum atomic E-state index is -0.480. The van der Waals surface area contributed by atoms with Crippen LogP contribution in [-0.4, -0.2) is 38.6 Å². The highest BCUT2D eigenvalue weighted by atomic mass is 35.5. The van der Waals surface area contributed by atoms with Crippen LogP contribution in [0.25, 0.3) is 11.8 Å². The van der Waals surface area contributed by atoms with Gasteiger partial charge in [-0.2, -0.15) is 15.1 Å². The zero-order valence-electron chi connectivity index (χ0n) is 17.9. The number of nitrogens with zero attached hydrogens (tertiary/aromatic N) is 4. The van der Waals surface area contributed by atoms with Crippen LogP contribution >= 0.6 is 23.4 Å². The number of rotatable bonds is 4. The van der Waals surface area contributed by atoms with Crippen LogP contribution in [0, 0.1) is 19.3 Å². The number of amidine groups is 2. The normalized spacial score (nSPS) is 16.8. The van der Waals surface area contributed by atoms with Crippen molar-refractivity contribution in [3.8, 4) is 11.4 Å². The number of amides is 1. The molecule has 0 atom stereocenters. The average Bonchev–Trinajstić information content (AvgIpc) is 3.51. The van der Waals surface area contributed by atoms with Crippen LogP contribution in [0.2, 0.25) is 5.02 Å². The topological polar surface area (TPSA) is 96.2 Å². The minimum Gasteiger partial charge on any atom is -0.495 e. The predicted molar refractivity (Wildman–Crippen MR) is 130 cm³/mol. The molecule has 0 unspecified atom stereocenters. The Bertz CT molecular complexity index is 1400. The summed E-state index contributed by atoms with van der Waals surface area (Å²) >= 11 is 7.52. The van der Waals surface area contributed by atoms with Gasteiger partial charge in [0.25, 0.3) is 5.91 Å². The van der Waals surface area contributed by atoms with Gasteiger partial charge >= 0.3 is 0 Å². The fourth-order valence-corrected chi connectivity index (χ4v) is 4.88. The van der Waals surface area contributed by atoms with E-state index < -0.39 is 5.91 Å². The number of hydrazone groups is 1. The number of aliphatic imine (C=N–C) groups is 1. The summed E-state index contributed by atoms with van der Waals surface area (Å²) in [6.45, 7) is 3.91. The Balaban J connectivity index is 1.51. The van der Waals surface area contributed by atoms with Crippen LogP contribution in [0.3, 0.4) is 0 Å². The second-order valence-electron chi connectivity index (χ2n) is 7.38. The number of hydrogen-bond donors (Lipinski definition) is 1. The van der Waals surface area contributed by atoms with Gasteiger partial charge < -0.3 is 13.7 Å². The number of nitrogens with one attached hydrogen (secondary N) is 1. The van der Waals surface area contributed by atoms with Crippen molar-refractivity contribution >= 4 is 51.4 Å². The van der Waals surface area contributed by atoms with Crippen molar-refractivity contribution in [1.29, 1.82) is 5.41 Å². The number of methoxy groups -OCH3 is 1. The number of carbonyl (C=O) groups excluding carboxylic acids is 1.